The molecule has 5 heteroatoms. The first-order valence-corrected chi connectivity index (χ1v) is 4.63. The van der Waals surface area contributed by atoms with Crippen molar-refractivity contribution in [3.05, 3.63) is 29.7 Å². The SMILES string of the molecule is Nc1ncc2c(n1)-c1c[nH]cc1C=NC2. The Hall–Kier alpha value is -2.17. The Morgan fingerprint density at radius 3 is 3.20 bits per heavy atom. The first-order valence-electron chi connectivity index (χ1n) is 4.63. The summed E-state index contributed by atoms with van der Waals surface area (Å²) in [6, 6.07) is 0. The van der Waals surface area contributed by atoms with Crippen molar-refractivity contribution in [1.29, 1.82) is 0 Å². The van der Waals surface area contributed by atoms with Crippen LogP contribution in [0.15, 0.2) is 23.6 Å². The van der Waals surface area contributed by atoms with Crippen LogP contribution < -0.4 is 5.73 Å². The number of rotatable bonds is 0. The van der Waals surface area contributed by atoms with Crippen molar-refractivity contribution < 1.29 is 0 Å². The lowest BCUT2D eigenvalue weighted by molar-refractivity contribution is 1.03. The number of anilines is 1. The van der Waals surface area contributed by atoms with Crippen molar-refractivity contribution in [2.24, 2.45) is 4.99 Å². The normalized spacial score (nSPS) is 13.1. The predicted octanol–water partition coefficient (Wildman–Crippen LogP) is 0.986. The van der Waals surface area contributed by atoms with Gasteiger partial charge in [-0.15, -0.1) is 0 Å². The second-order valence-electron chi connectivity index (χ2n) is 3.40. The lowest BCUT2D eigenvalue weighted by atomic mass is 10.1. The van der Waals surface area contributed by atoms with E-state index in [1.165, 1.54) is 0 Å². The minimum atomic E-state index is 0.294. The molecule has 0 saturated carbocycles. The van der Waals surface area contributed by atoms with E-state index in [0.29, 0.717) is 12.5 Å². The smallest absolute Gasteiger partial charge is 0.220 e. The molecule has 0 unspecified atom stereocenters. The van der Waals surface area contributed by atoms with E-state index in [-0.39, 0.29) is 0 Å². The number of nitrogens with one attached hydrogen (secondary N) is 1. The van der Waals surface area contributed by atoms with Crippen LogP contribution in [0.5, 0.6) is 0 Å². The monoisotopic (exact) mass is 199 g/mol. The number of hydrogen-bond donors (Lipinski definition) is 2. The Kier molecular flexibility index (Phi) is 1.58. The molecule has 3 N–H and O–H groups in total. The Bertz CT molecular complexity index is 540. The molecule has 0 fully saturated rings. The van der Waals surface area contributed by atoms with Gasteiger partial charge in [0.1, 0.15) is 0 Å². The molecule has 0 bridgehead atoms. The fourth-order valence-corrected chi connectivity index (χ4v) is 1.70. The fraction of sp³-hybridized carbons (Fsp3) is 0.100. The van der Waals surface area contributed by atoms with Crippen molar-refractivity contribution in [3.8, 4) is 11.3 Å². The molecule has 0 atom stereocenters. The van der Waals surface area contributed by atoms with Crippen molar-refractivity contribution in [3.63, 3.8) is 0 Å². The first kappa shape index (κ1) is 8.16. The lowest BCUT2D eigenvalue weighted by Crippen LogP contribution is -1.99. The zero-order chi connectivity index (χ0) is 10.3. The van der Waals surface area contributed by atoms with Crippen molar-refractivity contribution in [2.75, 3.05) is 5.73 Å². The largest absolute Gasteiger partial charge is 0.368 e. The summed E-state index contributed by atoms with van der Waals surface area (Å²) in [5.41, 5.74) is 9.52. The predicted molar refractivity (Wildman–Crippen MR) is 57.5 cm³/mol. The van der Waals surface area contributed by atoms with Gasteiger partial charge in [-0.3, -0.25) is 4.99 Å². The lowest BCUT2D eigenvalue weighted by Gasteiger charge is -2.03. The third-order valence-corrected chi connectivity index (χ3v) is 2.41. The van der Waals surface area contributed by atoms with E-state index in [0.717, 1.165) is 22.4 Å². The molecule has 74 valence electrons. The molecule has 5 nitrogen and oxygen atoms in total. The molecule has 0 radical (unpaired) electrons. The average Bonchev–Trinajstić information content (AvgIpc) is 2.62. The van der Waals surface area contributed by atoms with E-state index in [4.69, 9.17) is 5.73 Å². The molecule has 0 aromatic carbocycles. The highest BCUT2D eigenvalue weighted by Gasteiger charge is 2.14. The Morgan fingerprint density at radius 2 is 2.27 bits per heavy atom. The summed E-state index contributed by atoms with van der Waals surface area (Å²) in [5.74, 6) is 0.294. The van der Waals surface area contributed by atoms with Crippen LogP contribution in [-0.4, -0.2) is 21.2 Å². The molecular formula is C10H9N5. The van der Waals surface area contributed by atoms with Gasteiger partial charge in [-0.25, -0.2) is 9.97 Å². The number of nitrogens with zero attached hydrogens (tertiary/aromatic N) is 3. The third kappa shape index (κ3) is 1.20. The second-order valence-corrected chi connectivity index (χ2v) is 3.40. The summed E-state index contributed by atoms with van der Waals surface area (Å²) in [5, 5.41) is 0. The van der Waals surface area contributed by atoms with Gasteiger partial charge in [-0.05, 0) is 0 Å². The molecule has 2 aromatic rings. The highest BCUT2D eigenvalue weighted by molar-refractivity contribution is 5.91. The molecule has 0 aliphatic carbocycles. The van der Waals surface area contributed by atoms with E-state index in [9.17, 15) is 0 Å². The van der Waals surface area contributed by atoms with Gasteiger partial charge in [-0.2, -0.15) is 0 Å². The summed E-state index contributed by atoms with van der Waals surface area (Å²) < 4.78 is 0. The molecule has 0 amide bonds. The summed E-state index contributed by atoms with van der Waals surface area (Å²) >= 11 is 0. The van der Waals surface area contributed by atoms with E-state index in [1.54, 1.807) is 6.20 Å². The maximum Gasteiger partial charge on any atom is 0.220 e. The Balaban J connectivity index is 2.32. The van der Waals surface area contributed by atoms with Crippen LogP contribution in [0.2, 0.25) is 0 Å². The first-order chi connectivity index (χ1) is 7.34. The van der Waals surface area contributed by atoms with E-state index in [1.807, 2.05) is 18.6 Å². The highest BCUT2D eigenvalue weighted by Crippen LogP contribution is 2.27. The van der Waals surface area contributed by atoms with Gasteiger partial charge < -0.3 is 10.7 Å². The van der Waals surface area contributed by atoms with Crippen LogP contribution >= 0.6 is 0 Å². The van der Waals surface area contributed by atoms with Gasteiger partial charge in [-0.1, -0.05) is 0 Å². The summed E-state index contributed by atoms with van der Waals surface area (Å²) in [4.78, 5) is 15.6. The molecule has 2 aromatic heterocycles. The average molecular weight is 199 g/mol. The van der Waals surface area contributed by atoms with Gasteiger partial charge in [0.15, 0.2) is 0 Å². The summed E-state index contributed by atoms with van der Waals surface area (Å²) in [6.45, 7) is 0.601. The fourth-order valence-electron chi connectivity index (χ4n) is 1.70. The number of H-pyrrole nitrogens is 1. The number of aliphatic imine (C=N–C) groups is 1. The number of aromatic nitrogens is 3. The molecule has 1 aliphatic rings. The van der Waals surface area contributed by atoms with Crippen molar-refractivity contribution in [1.82, 2.24) is 15.0 Å². The van der Waals surface area contributed by atoms with Crippen LogP contribution in [0.4, 0.5) is 5.95 Å². The van der Waals surface area contributed by atoms with E-state index in [2.05, 4.69) is 19.9 Å². The number of aromatic amines is 1. The zero-order valence-corrected chi connectivity index (χ0v) is 7.94. The third-order valence-electron chi connectivity index (χ3n) is 2.41. The van der Waals surface area contributed by atoms with Crippen LogP contribution in [0.25, 0.3) is 11.3 Å². The van der Waals surface area contributed by atoms with Crippen molar-refractivity contribution in [2.45, 2.75) is 6.54 Å². The molecule has 3 rings (SSSR count). The molecular weight excluding hydrogens is 190 g/mol. The quantitative estimate of drug-likeness (QED) is 0.663. The minimum absolute atomic E-state index is 0.294. The second kappa shape index (κ2) is 2.91. The molecule has 3 heterocycles. The van der Waals surface area contributed by atoms with Gasteiger partial charge in [0, 0.05) is 41.5 Å². The topological polar surface area (TPSA) is 80.0 Å². The Labute approximate surface area is 86.1 Å². The van der Waals surface area contributed by atoms with Crippen LogP contribution in [0.1, 0.15) is 11.1 Å². The van der Waals surface area contributed by atoms with E-state index >= 15 is 0 Å². The number of fused-ring (bicyclic) bond motifs is 3. The van der Waals surface area contributed by atoms with Gasteiger partial charge in [0.2, 0.25) is 5.95 Å². The highest BCUT2D eigenvalue weighted by atomic mass is 15.0. The molecule has 0 saturated heterocycles. The molecule has 15 heavy (non-hydrogen) atoms. The van der Waals surface area contributed by atoms with Gasteiger partial charge in [0.05, 0.1) is 12.2 Å². The number of nitrogens with two attached hydrogens (primary N) is 1. The maximum atomic E-state index is 5.59. The molecule has 0 spiro atoms. The van der Waals surface area contributed by atoms with Crippen molar-refractivity contribution >= 4 is 12.2 Å². The van der Waals surface area contributed by atoms with Crippen LogP contribution in [0.3, 0.4) is 0 Å². The van der Waals surface area contributed by atoms with Gasteiger partial charge in [0.25, 0.3) is 0 Å². The standard InChI is InChI=1S/C10H9N5/c11-10-14-4-7-3-12-1-6-2-13-5-8(6)9(7)15-10/h1-2,4-5,13H,3H2,(H2,11,14,15). The summed E-state index contributed by atoms with van der Waals surface area (Å²) in [7, 11) is 0. The molecule has 1 aliphatic heterocycles. The van der Waals surface area contributed by atoms with Crippen LogP contribution in [-0.2, 0) is 6.54 Å². The summed E-state index contributed by atoms with van der Waals surface area (Å²) in [6.07, 6.45) is 7.37. The Morgan fingerprint density at radius 1 is 1.33 bits per heavy atom. The number of hydrogen-bond acceptors (Lipinski definition) is 4. The van der Waals surface area contributed by atoms with E-state index < -0.39 is 0 Å². The number of nitrogen functional groups attached to an aromatic ring is 1. The minimum Gasteiger partial charge on any atom is -0.368 e. The van der Waals surface area contributed by atoms with Crippen LogP contribution in [0, 0.1) is 0 Å². The van der Waals surface area contributed by atoms with Gasteiger partial charge >= 0.3 is 0 Å². The zero-order valence-electron chi connectivity index (χ0n) is 7.94. The maximum absolute atomic E-state index is 5.59.